The van der Waals surface area contributed by atoms with Crippen molar-refractivity contribution in [1.82, 2.24) is 4.57 Å². The Balaban J connectivity index is 0.992. The fourth-order valence-electron chi connectivity index (χ4n) is 13.0. The van der Waals surface area contributed by atoms with E-state index in [9.17, 15) is 0 Å². The summed E-state index contributed by atoms with van der Waals surface area (Å²) in [6.45, 7) is 4.76. The van der Waals surface area contributed by atoms with Crippen LogP contribution in [-0.2, 0) is 10.8 Å². The first kappa shape index (κ1) is 35.5. The molecule has 0 saturated heterocycles. The topological polar surface area (TPSA) is 4.93 Å². The van der Waals surface area contributed by atoms with Crippen molar-refractivity contribution in [1.29, 1.82) is 0 Å². The molecule has 65 heavy (non-hydrogen) atoms. The van der Waals surface area contributed by atoms with Gasteiger partial charge < -0.3 is 4.57 Å². The van der Waals surface area contributed by atoms with E-state index < -0.39 is 5.41 Å². The van der Waals surface area contributed by atoms with Crippen LogP contribution in [-0.4, -0.2) is 4.57 Å². The van der Waals surface area contributed by atoms with Crippen LogP contribution in [0.1, 0.15) is 47.2 Å². The van der Waals surface area contributed by atoms with Gasteiger partial charge in [0, 0.05) is 21.9 Å². The molecule has 0 atom stereocenters. The average molecular weight is 824 g/mol. The lowest BCUT2D eigenvalue weighted by Gasteiger charge is -2.31. The summed E-state index contributed by atoms with van der Waals surface area (Å²) >= 11 is 0. The second-order valence-electron chi connectivity index (χ2n) is 19.1. The van der Waals surface area contributed by atoms with E-state index in [0.717, 1.165) is 0 Å². The molecule has 0 saturated carbocycles. The molecule has 0 N–H and O–H groups in total. The molecule has 15 rings (SSSR count). The first-order valence-corrected chi connectivity index (χ1v) is 23.0. The van der Waals surface area contributed by atoms with Crippen LogP contribution in [0.3, 0.4) is 0 Å². The van der Waals surface area contributed by atoms with E-state index >= 15 is 0 Å². The molecule has 1 nitrogen and oxygen atoms in total. The Kier molecular flexibility index (Phi) is 6.75. The number of para-hydroxylation sites is 1. The molecule has 1 heterocycles. The van der Waals surface area contributed by atoms with Gasteiger partial charge in [0.2, 0.25) is 0 Å². The zero-order chi connectivity index (χ0) is 42.8. The summed E-state index contributed by atoms with van der Waals surface area (Å²) in [6.07, 6.45) is 0. The van der Waals surface area contributed by atoms with E-state index in [0.29, 0.717) is 0 Å². The number of aromatic nitrogens is 1. The maximum absolute atomic E-state index is 2.54. The largest absolute Gasteiger partial charge is 0.309 e. The van der Waals surface area contributed by atoms with E-state index in [1.54, 1.807) is 0 Å². The van der Waals surface area contributed by atoms with Gasteiger partial charge in [0.05, 0.1) is 16.4 Å². The van der Waals surface area contributed by atoms with Gasteiger partial charge >= 0.3 is 0 Å². The number of nitrogens with zero attached hydrogens (tertiary/aromatic N) is 1. The molecule has 0 amide bonds. The minimum absolute atomic E-state index is 0.0772. The van der Waals surface area contributed by atoms with E-state index in [2.05, 4.69) is 231 Å². The lowest BCUT2D eigenvalue weighted by molar-refractivity contribution is 0.661. The monoisotopic (exact) mass is 823 g/mol. The smallest absolute Gasteiger partial charge is 0.0726 e. The number of hydrogen-bond acceptors (Lipinski definition) is 0. The molecule has 3 aliphatic carbocycles. The van der Waals surface area contributed by atoms with Crippen molar-refractivity contribution in [3.05, 3.63) is 246 Å². The molecule has 11 aromatic carbocycles. The van der Waals surface area contributed by atoms with Crippen LogP contribution in [0.5, 0.6) is 0 Å². The molecule has 0 radical (unpaired) electrons. The third kappa shape index (κ3) is 4.38. The summed E-state index contributed by atoms with van der Waals surface area (Å²) in [5.74, 6) is 0. The zero-order valence-corrected chi connectivity index (χ0v) is 36.2. The Hall–Kier alpha value is -8.00. The Morgan fingerprint density at radius 2 is 0.754 bits per heavy atom. The van der Waals surface area contributed by atoms with Crippen LogP contribution in [0.2, 0.25) is 0 Å². The highest BCUT2D eigenvalue weighted by molar-refractivity contribution is 6.25. The molecular weight excluding hydrogens is 783 g/mol. The highest BCUT2D eigenvalue weighted by Gasteiger charge is 2.52. The van der Waals surface area contributed by atoms with Crippen LogP contribution in [0.25, 0.3) is 104 Å². The lowest BCUT2D eigenvalue weighted by atomic mass is 9.70. The van der Waals surface area contributed by atoms with Crippen LogP contribution in [0.15, 0.2) is 212 Å². The molecule has 0 aliphatic heterocycles. The third-order valence-corrected chi connectivity index (χ3v) is 15.8. The summed E-state index contributed by atoms with van der Waals surface area (Å²) < 4.78 is 2.54. The first-order valence-electron chi connectivity index (χ1n) is 23.0. The SMILES string of the molecule is CC1(C)c2ccccc2-c2cc3c(cc21)c1ccccc1n3-c1ccc2c(c1)C1(c3ccccc3-c3ccccc31)c1cc(-c3ccc4c5ccccc5c5ccccc5c4c3)ccc1-2. The molecule has 0 fully saturated rings. The average Bonchev–Trinajstić information content (AvgIpc) is 4.03. The number of rotatable bonds is 2. The summed E-state index contributed by atoms with van der Waals surface area (Å²) in [5, 5.41) is 10.4. The van der Waals surface area contributed by atoms with E-state index in [4.69, 9.17) is 0 Å². The second-order valence-corrected chi connectivity index (χ2v) is 19.1. The van der Waals surface area contributed by atoms with Crippen molar-refractivity contribution in [2.75, 3.05) is 0 Å². The Bertz CT molecular complexity index is 4020. The normalized spacial score (nSPS) is 14.6. The maximum Gasteiger partial charge on any atom is 0.0726 e. The molecule has 0 bridgehead atoms. The summed E-state index contributed by atoms with van der Waals surface area (Å²) in [7, 11) is 0. The fourth-order valence-corrected chi connectivity index (χ4v) is 13.0. The highest BCUT2D eigenvalue weighted by atomic mass is 15.0. The van der Waals surface area contributed by atoms with Crippen molar-refractivity contribution in [2.45, 2.75) is 24.7 Å². The third-order valence-electron chi connectivity index (χ3n) is 15.8. The van der Waals surface area contributed by atoms with Gasteiger partial charge in [0.15, 0.2) is 0 Å². The molecular formula is C64H41N. The van der Waals surface area contributed by atoms with Gasteiger partial charge in [-0.1, -0.05) is 184 Å². The van der Waals surface area contributed by atoms with Gasteiger partial charge in [-0.25, -0.2) is 0 Å². The molecule has 302 valence electrons. The minimum atomic E-state index is -0.507. The van der Waals surface area contributed by atoms with Gasteiger partial charge in [0.25, 0.3) is 0 Å². The molecule has 12 aromatic rings. The summed E-state index contributed by atoms with van der Waals surface area (Å²) in [4.78, 5) is 0. The number of benzene rings is 11. The van der Waals surface area contributed by atoms with Gasteiger partial charge in [-0.05, 0) is 153 Å². The van der Waals surface area contributed by atoms with Crippen molar-refractivity contribution in [2.24, 2.45) is 0 Å². The zero-order valence-electron chi connectivity index (χ0n) is 36.2. The van der Waals surface area contributed by atoms with Crippen LogP contribution >= 0.6 is 0 Å². The van der Waals surface area contributed by atoms with E-state index in [1.165, 1.54) is 138 Å². The summed E-state index contributed by atoms with van der Waals surface area (Å²) in [5.41, 5.74) is 21.7. The minimum Gasteiger partial charge on any atom is -0.309 e. The quantitative estimate of drug-likeness (QED) is 0.153. The predicted octanol–water partition coefficient (Wildman–Crippen LogP) is 16.6. The predicted molar refractivity (Wildman–Crippen MR) is 273 cm³/mol. The van der Waals surface area contributed by atoms with Gasteiger partial charge in [-0.3, -0.25) is 0 Å². The van der Waals surface area contributed by atoms with Gasteiger partial charge in [0.1, 0.15) is 0 Å². The lowest BCUT2D eigenvalue weighted by Crippen LogP contribution is -2.26. The van der Waals surface area contributed by atoms with Crippen LogP contribution in [0, 0.1) is 0 Å². The molecule has 1 spiro atoms. The standard InChI is InChI=1S/C64H41N/c1-63(2)55-23-11-7-21-48(55)53-37-62-54(36-58(53)63)51-22-10-14-26-61(51)65(62)40-29-32-50-49-31-28-39(38-27-30-45-43-17-4-3-15-41(43)42-16-5-6-18-44(42)52(45)33-38)34-59(49)64(60(50)35-40)56-24-12-8-19-46(56)47-20-9-13-25-57(47)64/h3-37H,1-2H3. The number of fused-ring (bicyclic) bond motifs is 22. The van der Waals surface area contributed by atoms with Crippen molar-refractivity contribution in [3.8, 4) is 50.2 Å². The first-order chi connectivity index (χ1) is 32.0. The fraction of sp³-hybridized carbons (Fsp3) is 0.0625. The Labute approximate surface area is 377 Å². The molecule has 1 heteroatoms. The van der Waals surface area contributed by atoms with E-state index in [-0.39, 0.29) is 5.41 Å². The molecule has 0 unspecified atom stereocenters. The van der Waals surface area contributed by atoms with Crippen LogP contribution in [0.4, 0.5) is 0 Å². The second kappa shape index (κ2) is 12.4. The van der Waals surface area contributed by atoms with E-state index in [1.807, 2.05) is 0 Å². The maximum atomic E-state index is 2.54. The highest BCUT2D eigenvalue weighted by Crippen LogP contribution is 2.63. The summed E-state index contributed by atoms with van der Waals surface area (Å²) in [6, 6.07) is 80.8. The Morgan fingerprint density at radius 3 is 1.43 bits per heavy atom. The van der Waals surface area contributed by atoms with Gasteiger partial charge in [-0.15, -0.1) is 0 Å². The van der Waals surface area contributed by atoms with Crippen molar-refractivity contribution >= 4 is 54.1 Å². The van der Waals surface area contributed by atoms with Crippen LogP contribution < -0.4 is 0 Å². The van der Waals surface area contributed by atoms with Gasteiger partial charge in [-0.2, -0.15) is 0 Å². The Morgan fingerprint density at radius 1 is 0.277 bits per heavy atom. The molecule has 3 aliphatic rings. The molecule has 1 aromatic heterocycles. The van der Waals surface area contributed by atoms with Crippen molar-refractivity contribution in [3.63, 3.8) is 0 Å². The number of hydrogen-bond donors (Lipinski definition) is 0. The van der Waals surface area contributed by atoms with Crippen molar-refractivity contribution < 1.29 is 0 Å².